The third kappa shape index (κ3) is 4.87. The highest BCUT2D eigenvalue weighted by molar-refractivity contribution is 7.99. The molecule has 2 aromatic heterocycles. The number of benzene rings is 2. The number of para-hydroxylation sites is 2. The second-order valence-electron chi connectivity index (χ2n) is 7.31. The van der Waals surface area contributed by atoms with Crippen molar-refractivity contribution in [2.45, 2.75) is 18.6 Å². The van der Waals surface area contributed by atoms with Crippen LogP contribution in [-0.2, 0) is 11.3 Å². The molecule has 0 aliphatic heterocycles. The largest absolute Gasteiger partial charge is 0.495 e. The van der Waals surface area contributed by atoms with Crippen LogP contribution in [0, 0.1) is 6.92 Å². The summed E-state index contributed by atoms with van der Waals surface area (Å²) in [5.41, 5.74) is 3.15. The Balaban J connectivity index is 1.56. The molecule has 4 rings (SSSR count). The first kappa shape index (κ1) is 22.1. The van der Waals surface area contributed by atoms with Crippen molar-refractivity contribution in [3.05, 3.63) is 77.2 Å². The predicted octanol–water partition coefficient (Wildman–Crippen LogP) is 5.06. The number of thiophene rings is 1. The average Bonchev–Trinajstić information content (AvgIpc) is 3.48. The highest BCUT2D eigenvalue weighted by atomic mass is 32.2. The summed E-state index contributed by atoms with van der Waals surface area (Å²) in [7, 11) is 3.47. The fourth-order valence-electron chi connectivity index (χ4n) is 3.25. The summed E-state index contributed by atoms with van der Waals surface area (Å²) >= 11 is 2.97. The summed E-state index contributed by atoms with van der Waals surface area (Å²) in [4.78, 5) is 15.6. The first-order valence-corrected chi connectivity index (χ1v) is 12.0. The van der Waals surface area contributed by atoms with Gasteiger partial charge in [0.2, 0.25) is 5.91 Å². The number of hydrogen-bond acceptors (Lipinski definition) is 6. The minimum atomic E-state index is 0.0304. The molecule has 0 bridgehead atoms. The zero-order valence-corrected chi connectivity index (χ0v) is 19.8. The van der Waals surface area contributed by atoms with E-state index in [1.54, 1.807) is 23.3 Å². The maximum Gasteiger partial charge on any atom is 0.233 e. The number of aryl methyl sites for hydroxylation is 1. The molecular weight excluding hydrogens is 440 g/mol. The third-order valence-corrected chi connectivity index (χ3v) is 6.77. The van der Waals surface area contributed by atoms with Crippen LogP contribution >= 0.6 is 23.1 Å². The Kier molecular flexibility index (Phi) is 6.92. The maximum atomic E-state index is 12.8. The summed E-state index contributed by atoms with van der Waals surface area (Å²) in [6.07, 6.45) is 0. The molecule has 0 unspecified atom stereocenters. The highest BCUT2D eigenvalue weighted by Gasteiger charge is 2.21. The lowest BCUT2D eigenvalue weighted by Crippen LogP contribution is -2.27. The van der Waals surface area contributed by atoms with Crippen molar-refractivity contribution in [2.75, 3.05) is 19.9 Å². The minimum Gasteiger partial charge on any atom is -0.495 e. The Morgan fingerprint density at radius 2 is 1.88 bits per heavy atom. The van der Waals surface area contributed by atoms with Crippen molar-refractivity contribution in [2.24, 2.45) is 0 Å². The molecule has 6 nitrogen and oxygen atoms in total. The lowest BCUT2D eigenvalue weighted by Gasteiger charge is -2.17. The van der Waals surface area contributed by atoms with Crippen LogP contribution in [0.3, 0.4) is 0 Å². The Labute approximate surface area is 195 Å². The molecule has 32 heavy (non-hydrogen) atoms. The number of carbonyl (C=O) groups is 1. The van der Waals surface area contributed by atoms with Gasteiger partial charge in [0, 0.05) is 13.6 Å². The maximum absolute atomic E-state index is 12.8. The van der Waals surface area contributed by atoms with Gasteiger partial charge in [-0.2, -0.15) is 0 Å². The molecule has 0 atom stereocenters. The van der Waals surface area contributed by atoms with E-state index in [2.05, 4.69) is 41.4 Å². The molecule has 164 valence electrons. The second-order valence-corrected chi connectivity index (χ2v) is 9.21. The molecule has 2 aromatic carbocycles. The van der Waals surface area contributed by atoms with Gasteiger partial charge in [-0.05, 0) is 36.1 Å². The van der Waals surface area contributed by atoms with Crippen LogP contribution in [0.1, 0.15) is 11.1 Å². The van der Waals surface area contributed by atoms with E-state index >= 15 is 0 Å². The number of aromatic nitrogens is 3. The summed E-state index contributed by atoms with van der Waals surface area (Å²) in [5, 5.41) is 11.5. The molecule has 1 amide bonds. The van der Waals surface area contributed by atoms with E-state index in [0.29, 0.717) is 11.7 Å². The van der Waals surface area contributed by atoms with E-state index in [1.165, 1.54) is 17.3 Å². The van der Waals surface area contributed by atoms with E-state index < -0.39 is 0 Å². The van der Waals surface area contributed by atoms with Gasteiger partial charge in [-0.1, -0.05) is 59.8 Å². The van der Waals surface area contributed by atoms with Gasteiger partial charge in [-0.25, -0.2) is 0 Å². The van der Waals surface area contributed by atoms with Crippen LogP contribution < -0.4 is 4.74 Å². The normalized spacial score (nSPS) is 10.8. The quantitative estimate of drug-likeness (QED) is 0.341. The molecule has 0 fully saturated rings. The number of methoxy groups -OCH3 is 1. The first-order chi connectivity index (χ1) is 15.6. The lowest BCUT2D eigenvalue weighted by molar-refractivity contribution is -0.127. The fraction of sp³-hybridized carbons (Fsp3) is 0.208. The van der Waals surface area contributed by atoms with Crippen molar-refractivity contribution in [1.82, 2.24) is 19.7 Å². The van der Waals surface area contributed by atoms with Gasteiger partial charge in [-0.3, -0.25) is 9.36 Å². The molecule has 0 radical (unpaired) electrons. The SMILES string of the molecule is COc1ccccc1-n1c(SCC(=O)N(C)Cc2ccc(C)cc2)nnc1-c1cccs1. The molecule has 0 N–H and O–H groups in total. The smallest absolute Gasteiger partial charge is 0.233 e. The van der Waals surface area contributed by atoms with Crippen molar-refractivity contribution >= 4 is 29.0 Å². The second kappa shape index (κ2) is 10.0. The van der Waals surface area contributed by atoms with Crippen LogP contribution in [0.4, 0.5) is 0 Å². The zero-order valence-electron chi connectivity index (χ0n) is 18.2. The van der Waals surface area contributed by atoms with Gasteiger partial charge >= 0.3 is 0 Å². The molecule has 8 heteroatoms. The molecule has 2 heterocycles. The monoisotopic (exact) mass is 464 g/mol. The van der Waals surface area contributed by atoms with Crippen molar-refractivity contribution in [1.29, 1.82) is 0 Å². The van der Waals surface area contributed by atoms with Crippen LogP contribution in [0.25, 0.3) is 16.4 Å². The number of nitrogens with zero attached hydrogens (tertiary/aromatic N) is 4. The van der Waals surface area contributed by atoms with Crippen LogP contribution in [-0.4, -0.2) is 45.5 Å². The Morgan fingerprint density at radius 1 is 1.09 bits per heavy atom. The van der Waals surface area contributed by atoms with E-state index in [4.69, 9.17) is 4.74 Å². The van der Waals surface area contributed by atoms with Gasteiger partial charge < -0.3 is 9.64 Å². The summed E-state index contributed by atoms with van der Waals surface area (Å²) < 4.78 is 7.54. The van der Waals surface area contributed by atoms with E-state index in [0.717, 1.165) is 27.7 Å². The minimum absolute atomic E-state index is 0.0304. The molecule has 0 saturated heterocycles. The Hall–Kier alpha value is -3.10. The van der Waals surface area contributed by atoms with E-state index in [-0.39, 0.29) is 11.7 Å². The van der Waals surface area contributed by atoms with Crippen LogP contribution in [0.5, 0.6) is 5.75 Å². The van der Waals surface area contributed by atoms with Crippen LogP contribution in [0.15, 0.2) is 71.2 Å². The predicted molar refractivity (Wildman–Crippen MR) is 130 cm³/mol. The van der Waals surface area contributed by atoms with Gasteiger partial charge in [-0.15, -0.1) is 21.5 Å². The average molecular weight is 465 g/mol. The first-order valence-electron chi connectivity index (χ1n) is 10.1. The third-order valence-electron chi connectivity index (χ3n) is 4.99. The van der Waals surface area contributed by atoms with Crippen molar-refractivity contribution in [3.8, 4) is 22.1 Å². The molecule has 0 spiro atoms. The van der Waals surface area contributed by atoms with E-state index in [9.17, 15) is 4.79 Å². The van der Waals surface area contributed by atoms with Crippen molar-refractivity contribution < 1.29 is 9.53 Å². The molecule has 0 aliphatic rings. The Bertz CT molecular complexity index is 1190. The topological polar surface area (TPSA) is 60.2 Å². The summed E-state index contributed by atoms with van der Waals surface area (Å²) in [5.74, 6) is 1.74. The number of ether oxygens (including phenoxy) is 1. The standard InChI is InChI=1S/C24H24N4O2S2/c1-17-10-12-18(13-11-17)15-27(2)22(29)16-32-24-26-25-23(21-9-6-14-31-21)28(24)19-7-4-5-8-20(19)30-3/h4-14H,15-16H2,1-3H3. The lowest BCUT2D eigenvalue weighted by atomic mass is 10.1. The van der Waals surface area contributed by atoms with Crippen LogP contribution in [0.2, 0.25) is 0 Å². The number of carbonyl (C=O) groups excluding carboxylic acids is 1. The number of amides is 1. The molecule has 4 aromatic rings. The fourth-order valence-corrected chi connectivity index (χ4v) is 4.84. The summed E-state index contributed by atoms with van der Waals surface area (Å²) in [6.45, 7) is 2.62. The van der Waals surface area contributed by atoms with Crippen molar-refractivity contribution in [3.63, 3.8) is 0 Å². The zero-order chi connectivity index (χ0) is 22.5. The highest BCUT2D eigenvalue weighted by Crippen LogP contribution is 2.34. The number of thioether (sulfide) groups is 1. The molecular formula is C24H24N4O2S2. The molecule has 0 aliphatic carbocycles. The number of rotatable bonds is 8. The summed E-state index contributed by atoms with van der Waals surface area (Å²) in [6, 6.07) is 20.0. The van der Waals surface area contributed by atoms with Gasteiger partial charge in [0.1, 0.15) is 5.75 Å². The van der Waals surface area contributed by atoms with Gasteiger partial charge in [0.15, 0.2) is 11.0 Å². The van der Waals surface area contributed by atoms with Gasteiger partial charge in [0.05, 0.1) is 23.4 Å². The Morgan fingerprint density at radius 3 is 2.59 bits per heavy atom. The molecule has 0 saturated carbocycles. The number of hydrogen-bond donors (Lipinski definition) is 0. The van der Waals surface area contributed by atoms with Gasteiger partial charge in [0.25, 0.3) is 0 Å². The van der Waals surface area contributed by atoms with E-state index in [1.807, 2.05) is 53.4 Å².